The summed E-state index contributed by atoms with van der Waals surface area (Å²) in [5.74, 6) is -0.963. The van der Waals surface area contributed by atoms with Crippen molar-refractivity contribution in [2.45, 2.75) is 239 Å². The summed E-state index contributed by atoms with van der Waals surface area (Å²) in [5.41, 5.74) is 0. The lowest BCUT2D eigenvalue weighted by Gasteiger charge is -2.18. The van der Waals surface area contributed by atoms with Crippen molar-refractivity contribution in [1.29, 1.82) is 0 Å². The molecule has 0 aromatic carbocycles. The molecule has 0 spiro atoms. The van der Waals surface area contributed by atoms with E-state index in [1.54, 1.807) is 0 Å². The molecule has 6 nitrogen and oxygen atoms in total. The molecule has 0 rings (SSSR count). The number of unbranched alkanes of at least 4 members (excludes halogenated alkanes) is 24. The Morgan fingerprint density at radius 3 is 1.06 bits per heavy atom. The van der Waals surface area contributed by atoms with Gasteiger partial charge in [0, 0.05) is 19.3 Å². The highest BCUT2D eigenvalue weighted by molar-refractivity contribution is 5.71. The molecule has 0 bridgehead atoms. The van der Waals surface area contributed by atoms with E-state index in [0.717, 1.165) is 83.5 Å². The molecular weight excluding hydrogens is 769 g/mol. The van der Waals surface area contributed by atoms with E-state index in [1.165, 1.54) is 109 Å². The third-order valence-electron chi connectivity index (χ3n) is 10.7. The predicted octanol–water partition coefficient (Wildman–Crippen LogP) is 16.8. The van der Waals surface area contributed by atoms with Gasteiger partial charge in [-0.3, -0.25) is 14.4 Å². The number of hydrogen-bond acceptors (Lipinski definition) is 6. The second kappa shape index (κ2) is 50.2. The summed E-state index contributed by atoms with van der Waals surface area (Å²) in [4.78, 5) is 38.0. The monoisotopic (exact) mass is 863 g/mol. The molecule has 0 aromatic rings. The third kappa shape index (κ3) is 47.6. The lowest BCUT2D eigenvalue weighted by atomic mass is 10.1. The van der Waals surface area contributed by atoms with Crippen LogP contribution in [0.4, 0.5) is 0 Å². The Morgan fingerprint density at radius 2 is 0.645 bits per heavy atom. The molecule has 1 unspecified atom stereocenters. The van der Waals surface area contributed by atoms with E-state index in [-0.39, 0.29) is 31.1 Å². The molecule has 0 saturated carbocycles. The molecular formula is C56H94O6. The van der Waals surface area contributed by atoms with Crippen molar-refractivity contribution in [2.24, 2.45) is 0 Å². The fraction of sp³-hybridized carbons (Fsp3) is 0.696. The van der Waals surface area contributed by atoms with Gasteiger partial charge in [0.1, 0.15) is 13.2 Å². The molecule has 0 heterocycles. The van der Waals surface area contributed by atoms with Crippen LogP contribution in [0.1, 0.15) is 233 Å². The van der Waals surface area contributed by atoms with Crippen molar-refractivity contribution in [3.63, 3.8) is 0 Å². The van der Waals surface area contributed by atoms with Gasteiger partial charge < -0.3 is 14.2 Å². The van der Waals surface area contributed by atoms with Crippen LogP contribution in [0.3, 0.4) is 0 Å². The number of carbonyl (C=O) groups excluding carboxylic acids is 3. The number of ether oxygens (including phenoxy) is 3. The molecule has 0 aliphatic rings. The van der Waals surface area contributed by atoms with Gasteiger partial charge in [0.05, 0.1) is 0 Å². The molecule has 0 radical (unpaired) electrons. The predicted molar refractivity (Wildman–Crippen MR) is 265 cm³/mol. The zero-order chi connectivity index (χ0) is 45.1. The van der Waals surface area contributed by atoms with Gasteiger partial charge >= 0.3 is 17.9 Å². The average Bonchev–Trinajstić information content (AvgIpc) is 3.27. The van der Waals surface area contributed by atoms with Gasteiger partial charge in [-0.05, 0) is 89.9 Å². The minimum Gasteiger partial charge on any atom is -0.462 e. The SMILES string of the molecule is CC\C=C/C=C\C=C/C=C\C=C/CCCCCC(=O)OCC(COC(=O)CCCCC/C=C\CCCCCCCCC)OC(=O)CCCCCCCCC/C=C\CCCCCC. The molecule has 6 heteroatoms. The van der Waals surface area contributed by atoms with Crippen molar-refractivity contribution in [1.82, 2.24) is 0 Å². The van der Waals surface area contributed by atoms with Gasteiger partial charge in [0.25, 0.3) is 0 Å². The topological polar surface area (TPSA) is 78.9 Å². The van der Waals surface area contributed by atoms with Crippen LogP contribution < -0.4 is 0 Å². The molecule has 0 aromatic heterocycles. The van der Waals surface area contributed by atoms with Crippen molar-refractivity contribution in [3.8, 4) is 0 Å². The van der Waals surface area contributed by atoms with Crippen LogP contribution >= 0.6 is 0 Å². The fourth-order valence-electron chi connectivity index (χ4n) is 6.86. The Balaban J connectivity index is 4.49. The van der Waals surface area contributed by atoms with Crippen molar-refractivity contribution in [3.05, 3.63) is 85.1 Å². The van der Waals surface area contributed by atoms with E-state index < -0.39 is 6.10 Å². The average molecular weight is 863 g/mol. The fourth-order valence-corrected chi connectivity index (χ4v) is 6.86. The first-order valence-electron chi connectivity index (χ1n) is 25.7. The standard InChI is InChI=1S/C56H94O6/c1-4-7-10-13-16-19-22-25-28-31-34-37-40-43-46-49-55(58)61-52-53(51-60-54(57)48-45-42-39-36-33-30-27-24-21-18-15-12-9-6-3)62-56(59)50-47-44-41-38-35-32-29-26-23-20-17-14-11-8-5-2/h7,10,13,16,19-20,22-23,25,28,30-31,33-34,53H,4-6,8-9,11-12,14-15,17-18,21,24,26-27,29,32,35-52H2,1-3H3/b10-7-,16-13-,22-19-,23-20-,28-25-,33-30-,34-31-. The molecule has 0 aliphatic heterocycles. The van der Waals surface area contributed by atoms with Crippen LogP contribution in [0.5, 0.6) is 0 Å². The highest BCUT2D eigenvalue weighted by Gasteiger charge is 2.19. The maximum atomic E-state index is 12.8. The second-order valence-electron chi connectivity index (χ2n) is 16.8. The Morgan fingerprint density at radius 1 is 0.339 bits per heavy atom. The third-order valence-corrected chi connectivity index (χ3v) is 10.7. The molecule has 0 aliphatic carbocycles. The number of allylic oxidation sites excluding steroid dienone is 14. The van der Waals surface area contributed by atoms with Crippen LogP contribution in [0.15, 0.2) is 85.1 Å². The smallest absolute Gasteiger partial charge is 0.306 e. The highest BCUT2D eigenvalue weighted by atomic mass is 16.6. The minimum absolute atomic E-state index is 0.100. The van der Waals surface area contributed by atoms with E-state index in [1.807, 2.05) is 48.6 Å². The first-order chi connectivity index (χ1) is 30.5. The Hall–Kier alpha value is -3.41. The molecule has 354 valence electrons. The van der Waals surface area contributed by atoms with E-state index in [4.69, 9.17) is 14.2 Å². The zero-order valence-corrected chi connectivity index (χ0v) is 40.4. The largest absolute Gasteiger partial charge is 0.462 e. The second-order valence-corrected chi connectivity index (χ2v) is 16.8. The normalized spacial score (nSPS) is 12.8. The van der Waals surface area contributed by atoms with Gasteiger partial charge in [-0.25, -0.2) is 0 Å². The van der Waals surface area contributed by atoms with Crippen LogP contribution in [-0.4, -0.2) is 37.2 Å². The van der Waals surface area contributed by atoms with Gasteiger partial charge in [-0.15, -0.1) is 0 Å². The summed E-state index contributed by atoms with van der Waals surface area (Å²) < 4.78 is 16.7. The Labute approximate surface area is 382 Å². The van der Waals surface area contributed by atoms with E-state index >= 15 is 0 Å². The lowest BCUT2D eigenvalue weighted by Crippen LogP contribution is -2.30. The lowest BCUT2D eigenvalue weighted by molar-refractivity contribution is -0.167. The van der Waals surface area contributed by atoms with Crippen LogP contribution in [0.2, 0.25) is 0 Å². The number of hydrogen-bond donors (Lipinski definition) is 0. The van der Waals surface area contributed by atoms with E-state index in [9.17, 15) is 14.4 Å². The van der Waals surface area contributed by atoms with Crippen LogP contribution in [0.25, 0.3) is 0 Å². The number of esters is 3. The molecule has 0 saturated heterocycles. The Kier molecular flexibility index (Phi) is 47.5. The summed E-state index contributed by atoms with van der Waals surface area (Å²) in [5, 5.41) is 0. The number of carbonyl (C=O) groups is 3. The van der Waals surface area contributed by atoms with Gasteiger partial charge in [-0.1, -0.05) is 209 Å². The van der Waals surface area contributed by atoms with Crippen molar-refractivity contribution in [2.75, 3.05) is 13.2 Å². The minimum atomic E-state index is -0.802. The Bertz CT molecular complexity index is 1220. The van der Waals surface area contributed by atoms with E-state index in [2.05, 4.69) is 57.2 Å². The van der Waals surface area contributed by atoms with Crippen molar-refractivity contribution < 1.29 is 28.6 Å². The molecule has 0 N–H and O–H groups in total. The highest BCUT2D eigenvalue weighted by Crippen LogP contribution is 2.14. The number of rotatable bonds is 45. The summed E-state index contributed by atoms with van der Waals surface area (Å²) in [6, 6.07) is 0. The van der Waals surface area contributed by atoms with Crippen LogP contribution in [-0.2, 0) is 28.6 Å². The summed E-state index contributed by atoms with van der Waals surface area (Å²) in [6.45, 7) is 6.42. The molecule has 62 heavy (non-hydrogen) atoms. The molecule has 0 amide bonds. The van der Waals surface area contributed by atoms with Gasteiger partial charge in [0.2, 0.25) is 0 Å². The first kappa shape index (κ1) is 58.6. The molecule has 1 atom stereocenters. The first-order valence-corrected chi connectivity index (χ1v) is 25.7. The van der Waals surface area contributed by atoms with Gasteiger partial charge in [-0.2, -0.15) is 0 Å². The molecule has 0 fully saturated rings. The quantitative estimate of drug-likeness (QED) is 0.0199. The maximum Gasteiger partial charge on any atom is 0.306 e. The zero-order valence-electron chi connectivity index (χ0n) is 40.4. The van der Waals surface area contributed by atoms with E-state index in [0.29, 0.717) is 19.3 Å². The van der Waals surface area contributed by atoms with Crippen molar-refractivity contribution >= 4 is 17.9 Å². The maximum absolute atomic E-state index is 12.8. The van der Waals surface area contributed by atoms with Crippen LogP contribution in [0, 0.1) is 0 Å². The summed E-state index contributed by atoms with van der Waals surface area (Å²) in [7, 11) is 0. The summed E-state index contributed by atoms with van der Waals surface area (Å²) in [6.07, 6.45) is 64.2. The van der Waals surface area contributed by atoms with Gasteiger partial charge in [0.15, 0.2) is 6.10 Å². The summed E-state index contributed by atoms with van der Waals surface area (Å²) >= 11 is 0.